The molecule has 89 heavy (non-hydrogen) atoms. The van der Waals surface area contributed by atoms with Crippen molar-refractivity contribution < 1.29 is 113 Å². The molecule has 8 aliphatic rings. The van der Waals surface area contributed by atoms with E-state index >= 15 is 0 Å². The number of allylic oxidation sites excluding steroid dienone is 4. The van der Waals surface area contributed by atoms with Gasteiger partial charge in [-0.15, -0.1) is 0 Å². The van der Waals surface area contributed by atoms with Crippen molar-refractivity contribution in [1.29, 1.82) is 0 Å². The predicted octanol–water partition coefficient (Wildman–Crippen LogP) is 3.33. The Morgan fingerprint density at radius 3 is 1.92 bits per heavy atom. The van der Waals surface area contributed by atoms with Gasteiger partial charge in [0.15, 0.2) is 31.1 Å². The van der Waals surface area contributed by atoms with Gasteiger partial charge in [0.05, 0.1) is 56.1 Å². The van der Waals surface area contributed by atoms with E-state index in [1.807, 2.05) is 55.4 Å². The first-order chi connectivity index (χ1) is 41.7. The number of carbonyl (C=O) groups is 3. The molecule has 5 aliphatic carbocycles. The second kappa shape index (κ2) is 27.7. The van der Waals surface area contributed by atoms with Crippen molar-refractivity contribution in [2.45, 2.75) is 277 Å². The number of fused-ring (bicyclic) bond motifs is 7. The minimum absolute atomic E-state index is 0.0493. The van der Waals surface area contributed by atoms with E-state index in [9.17, 15) is 70.6 Å². The summed E-state index contributed by atoms with van der Waals surface area (Å²) >= 11 is 0. The van der Waals surface area contributed by atoms with Crippen LogP contribution >= 0.6 is 0 Å². The number of rotatable bonds is 21. The van der Waals surface area contributed by atoms with E-state index in [-0.39, 0.29) is 18.4 Å². The van der Waals surface area contributed by atoms with E-state index in [1.54, 1.807) is 6.92 Å². The van der Waals surface area contributed by atoms with Gasteiger partial charge in [-0.3, -0.25) is 4.79 Å². The van der Waals surface area contributed by atoms with Gasteiger partial charge in [-0.25, -0.2) is 9.59 Å². The third-order valence-corrected chi connectivity index (χ3v) is 23.1. The summed E-state index contributed by atoms with van der Waals surface area (Å²) in [5.74, 6) is -3.69. The Hall–Kier alpha value is -3.05. The first-order valence-corrected chi connectivity index (χ1v) is 32.5. The van der Waals surface area contributed by atoms with Gasteiger partial charge in [-0.1, -0.05) is 105 Å². The number of esters is 3. The van der Waals surface area contributed by atoms with Crippen LogP contribution in [0.15, 0.2) is 34.9 Å². The molecule has 23 nitrogen and oxygen atoms in total. The summed E-state index contributed by atoms with van der Waals surface area (Å²) in [6, 6.07) is 0. The average Bonchev–Trinajstić information content (AvgIpc) is 0.907. The Morgan fingerprint density at radius 1 is 0.708 bits per heavy atom. The molecule has 3 saturated heterocycles. The molecule has 508 valence electrons. The number of ether oxygens (including phenoxy) is 9. The van der Waals surface area contributed by atoms with Gasteiger partial charge in [-0.2, -0.15) is 0 Å². The predicted molar refractivity (Wildman–Crippen MR) is 318 cm³/mol. The molecule has 4 saturated carbocycles. The van der Waals surface area contributed by atoms with Crippen molar-refractivity contribution in [2.75, 3.05) is 26.4 Å². The summed E-state index contributed by atoms with van der Waals surface area (Å²) < 4.78 is 55.8. The second-order valence-electron chi connectivity index (χ2n) is 29.4. The van der Waals surface area contributed by atoms with Gasteiger partial charge in [0.1, 0.15) is 67.1 Å². The summed E-state index contributed by atoms with van der Waals surface area (Å²) in [6.45, 7) is 23.5. The van der Waals surface area contributed by atoms with E-state index in [4.69, 9.17) is 42.6 Å². The van der Waals surface area contributed by atoms with Gasteiger partial charge in [-0.05, 0) is 119 Å². The van der Waals surface area contributed by atoms with Gasteiger partial charge < -0.3 is 98.8 Å². The largest absolute Gasteiger partial charge is 0.464 e. The Kier molecular flexibility index (Phi) is 22.4. The molecule has 3 aliphatic heterocycles. The van der Waals surface area contributed by atoms with Crippen LogP contribution in [0.2, 0.25) is 0 Å². The number of aliphatic hydroxyl groups excluding tert-OH is 11. The fraction of sp³-hybridized carbons (Fsp3) is 0.864. The maximum absolute atomic E-state index is 14.2. The third kappa shape index (κ3) is 12.8. The Labute approximate surface area is 524 Å². The fourth-order valence-electron chi connectivity index (χ4n) is 17.4. The van der Waals surface area contributed by atoms with Crippen LogP contribution < -0.4 is 0 Å². The molecule has 0 amide bonds. The highest BCUT2D eigenvalue weighted by molar-refractivity contribution is 5.83. The SMILES string of the molecule is CCCCOC(=O)[C@H]1O[C@@H](O[C@H]2CC[C@@]3(C)C(CC[C@]4(C)[C@@H]3CC=C3[C@@H]5CC(C)(C)[C@@H](OC(=O)/C=C(\C)CCC=C(C)C)[C@H](OC(=O)C(C)CC)[C@]5(CO)[C@H](O)[C@H](O)[C@]34C)C2(C)C)[C@H](O[C@@H]2O[C@H](CO)[C@@H](O)[C@H](O)[C@H]2O)[C@@H](O)[C@@H]1O[C@H]1O[C@H](CO)[C@@H](O)[C@@H]1O. The van der Waals surface area contributed by atoms with E-state index in [0.29, 0.717) is 64.2 Å². The van der Waals surface area contributed by atoms with Gasteiger partial charge in [0, 0.05) is 16.9 Å². The highest BCUT2D eigenvalue weighted by atomic mass is 16.8. The van der Waals surface area contributed by atoms with E-state index in [1.165, 1.54) is 6.08 Å². The van der Waals surface area contributed by atoms with Gasteiger partial charge in [0.2, 0.25) is 0 Å². The van der Waals surface area contributed by atoms with Crippen LogP contribution in [0.25, 0.3) is 0 Å². The Bertz CT molecular complexity index is 2570. The number of unbranched alkanes of at least 4 members (excludes halogenated alkanes) is 1. The maximum atomic E-state index is 14.2. The summed E-state index contributed by atoms with van der Waals surface area (Å²) in [4.78, 5) is 42.3. The molecule has 0 aromatic heterocycles. The number of hydrogen-bond acceptors (Lipinski definition) is 23. The van der Waals surface area contributed by atoms with Crippen molar-refractivity contribution in [3.63, 3.8) is 0 Å². The smallest absolute Gasteiger partial charge is 0.338 e. The molecule has 7 fully saturated rings. The molecule has 0 radical (unpaired) electrons. The first-order valence-electron chi connectivity index (χ1n) is 32.5. The standard InChI is InChI=1S/C66H106O23/c1-14-16-26-81-57(80)51-49(86-58-46(74)44(72)38(30-68)83-58)48(76)50(87-59-47(75)45(73)43(71)37(29-67)82-59)60(88-51)84-41-23-24-63(11)39(62(41,9)10)22-25-64(12)40(63)21-20-35-36-28-61(7,8)54(85-42(70)27-33(5)19-17-18-32(3)4)55(89-56(79)34(6)15-2)66(36,31-69)53(78)52(77)65(35,64)13/h18,20,27,34,36-41,43-55,58-60,67-69,71-78H,14-17,19,21-26,28-31H2,1-13H3/b33-27+/t34?,36-,37+,38+,39?,40+,41-,43+,44+,45-,46-,47+,48-,49-,50+,51-,52-,53+,54-,55-,58+,59-,60+,63-,64+,65-,66-/m0/s1. The van der Waals surface area contributed by atoms with Crippen LogP contribution in [0.3, 0.4) is 0 Å². The first kappa shape index (κ1) is 71.8. The molecule has 3 heterocycles. The number of hydrogen-bond donors (Lipinski definition) is 11. The van der Waals surface area contributed by atoms with Gasteiger partial charge in [0.25, 0.3) is 0 Å². The summed E-state index contributed by atoms with van der Waals surface area (Å²) in [5, 5.41) is 125. The Balaban J connectivity index is 1.13. The van der Waals surface area contributed by atoms with Crippen LogP contribution in [0.5, 0.6) is 0 Å². The van der Waals surface area contributed by atoms with Crippen molar-refractivity contribution in [3.05, 3.63) is 34.9 Å². The van der Waals surface area contributed by atoms with Crippen LogP contribution in [0.4, 0.5) is 0 Å². The molecule has 11 N–H and O–H groups in total. The molecule has 0 aromatic carbocycles. The van der Waals surface area contributed by atoms with Crippen LogP contribution in [0.1, 0.15) is 161 Å². The number of carbonyl (C=O) groups excluding carboxylic acids is 3. The van der Waals surface area contributed by atoms with Crippen molar-refractivity contribution in [2.24, 2.45) is 56.2 Å². The zero-order valence-electron chi connectivity index (χ0n) is 54.4. The van der Waals surface area contributed by atoms with Crippen LogP contribution in [-0.4, -0.2) is 217 Å². The fourth-order valence-corrected chi connectivity index (χ4v) is 17.4. The molecule has 8 rings (SSSR count). The number of aliphatic hydroxyl groups is 11. The lowest BCUT2D eigenvalue weighted by Gasteiger charge is -2.73. The molecule has 0 aromatic rings. The topological polar surface area (TPSA) is 357 Å². The van der Waals surface area contributed by atoms with Crippen molar-refractivity contribution in [3.8, 4) is 0 Å². The minimum atomic E-state index is -1.99. The van der Waals surface area contributed by atoms with Crippen molar-refractivity contribution >= 4 is 17.9 Å². The zero-order valence-corrected chi connectivity index (χ0v) is 54.4. The zero-order chi connectivity index (χ0) is 65.8. The highest BCUT2D eigenvalue weighted by Crippen LogP contribution is 2.76. The molecular formula is C66H106O23. The third-order valence-electron chi connectivity index (χ3n) is 23.1. The molecule has 2 unspecified atom stereocenters. The molecule has 0 bridgehead atoms. The molecule has 0 spiro atoms. The highest BCUT2D eigenvalue weighted by Gasteiger charge is 2.76. The molecular weight excluding hydrogens is 1160 g/mol. The normalized spacial score (nSPS) is 45.3. The maximum Gasteiger partial charge on any atom is 0.338 e. The van der Waals surface area contributed by atoms with E-state index in [0.717, 1.165) is 23.1 Å². The van der Waals surface area contributed by atoms with E-state index in [2.05, 4.69) is 39.8 Å². The lowest BCUT2D eigenvalue weighted by Crippen LogP contribution is -2.76. The Morgan fingerprint density at radius 2 is 1.33 bits per heavy atom. The summed E-state index contributed by atoms with van der Waals surface area (Å²) in [7, 11) is 0. The van der Waals surface area contributed by atoms with Crippen LogP contribution in [0, 0.1) is 56.2 Å². The summed E-state index contributed by atoms with van der Waals surface area (Å²) in [5.41, 5.74) is -2.87. The van der Waals surface area contributed by atoms with E-state index < -0.39 is 199 Å². The monoisotopic (exact) mass is 1270 g/mol. The molecule has 27 atom stereocenters. The summed E-state index contributed by atoms with van der Waals surface area (Å²) in [6.07, 6.45) is -19.4. The minimum Gasteiger partial charge on any atom is -0.464 e. The lowest BCUT2D eigenvalue weighted by atomic mass is 9.32. The van der Waals surface area contributed by atoms with Gasteiger partial charge >= 0.3 is 17.9 Å². The molecule has 23 heteroatoms. The average molecular weight is 1270 g/mol. The van der Waals surface area contributed by atoms with Crippen LogP contribution in [-0.2, 0) is 57.0 Å². The van der Waals surface area contributed by atoms with Crippen molar-refractivity contribution in [1.82, 2.24) is 0 Å². The quantitative estimate of drug-likeness (QED) is 0.0196. The lowest BCUT2D eigenvalue weighted by molar-refractivity contribution is -0.383. The second-order valence-corrected chi connectivity index (χ2v) is 29.4.